The predicted molar refractivity (Wildman–Crippen MR) is 169 cm³/mol. The largest absolute Gasteiger partial charge is 0.493 e. The van der Waals surface area contributed by atoms with E-state index in [1.54, 1.807) is 13.2 Å². The highest BCUT2D eigenvalue weighted by Gasteiger charge is 2.35. The molecule has 6 rings (SSSR count). The zero-order chi connectivity index (χ0) is 27.6. The third kappa shape index (κ3) is 5.31. The summed E-state index contributed by atoms with van der Waals surface area (Å²) in [6, 6.07) is 32.2. The van der Waals surface area contributed by atoms with E-state index < -0.39 is 0 Å². The van der Waals surface area contributed by atoms with Crippen molar-refractivity contribution in [1.29, 1.82) is 0 Å². The van der Waals surface area contributed by atoms with Crippen LogP contribution in [0.25, 0.3) is 27.6 Å². The molecule has 0 atom stereocenters. The minimum Gasteiger partial charge on any atom is -0.493 e. The second-order valence-electron chi connectivity index (χ2n) is 9.41. The smallest absolute Gasteiger partial charge is 0.293 e. The van der Waals surface area contributed by atoms with E-state index in [4.69, 9.17) is 9.47 Å². The van der Waals surface area contributed by atoms with Crippen LogP contribution in [-0.4, -0.2) is 23.2 Å². The van der Waals surface area contributed by atoms with Gasteiger partial charge in [-0.25, -0.2) is 0 Å². The molecule has 1 fully saturated rings. The van der Waals surface area contributed by atoms with Crippen LogP contribution in [0.15, 0.2) is 102 Å². The van der Waals surface area contributed by atoms with Gasteiger partial charge in [-0.05, 0) is 96.9 Å². The maximum Gasteiger partial charge on any atom is 0.293 e. The Morgan fingerprint density at radius 1 is 0.850 bits per heavy atom. The average Bonchev–Trinajstić information content (AvgIpc) is 3.23. The van der Waals surface area contributed by atoms with Gasteiger partial charge in [0.1, 0.15) is 6.61 Å². The fourth-order valence-electron chi connectivity index (χ4n) is 4.84. The fourth-order valence-corrected chi connectivity index (χ4v) is 6.46. The first kappa shape index (κ1) is 26.4. The molecule has 0 bridgehead atoms. The Bertz CT molecular complexity index is 1810. The van der Waals surface area contributed by atoms with Gasteiger partial charge in [-0.15, -0.1) is 0 Å². The quantitative estimate of drug-likeness (QED) is 0.130. The number of amides is 2. The van der Waals surface area contributed by atoms with Crippen molar-refractivity contribution in [3.05, 3.63) is 122 Å². The number of halogens is 1. The molecule has 5 aromatic rings. The first-order chi connectivity index (χ1) is 19.5. The molecule has 0 radical (unpaired) electrons. The maximum absolute atomic E-state index is 13.3. The molecule has 7 heteroatoms. The van der Waals surface area contributed by atoms with Gasteiger partial charge in [0.05, 0.1) is 22.1 Å². The number of imide groups is 1. The number of methoxy groups -OCH3 is 1. The molecular formula is C33H24INO4S. The summed E-state index contributed by atoms with van der Waals surface area (Å²) in [6.45, 7) is 0.620. The molecule has 1 heterocycles. The number of hydrogen-bond donors (Lipinski definition) is 0. The zero-order valence-corrected chi connectivity index (χ0v) is 24.6. The van der Waals surface area contributed by atoms with Gasteiger partial charge in [-0.3, -0.25) is 14.5 Å². The fraction of sp³-hybridized carbons (Fsp3) is 0.0909. The molecule has 0 aromatic heterocycles. The lowest BCUT2D eigenvalue weighted by molar-refractivity contribution is -0.123. The highest BCUT2D eigenvalue weighted by atomic mass is 127. The number of ether oxygens (including phenoxy) is 2. The van der Waals surface area contributed by atoms with Gasteiger partial charge in [0.2, 0.25) is 0 Å². The Labute approximate surface area is 249 Å². The maximum atomic E-state index is 13.3. The van der Waals surface area contributed by atoms with Crippen LogP contribution in [0.4, 0.5) is 4.79 Å². The van der Waals surface area contributed by atoms with E-state index in [-0.39, 0.29) is 17.7 Å². The van der Waals surface area contributed by atoms with Gasteiger partial charge in [0, 0.05) is 0 Å². The number of thioether (sulfide) groups is 1. The highest BCUT2D eigenvalue weighted by Crippen LogP contribution is 2.38. The standard InChI is InChI=1S/C33H24INO4S/c1-38-29-17-22(16-28(34)31(29)39-20-21-13-14-23-7-2-3-9-25(23)15-21)18-30-32(36)35(33(37)40-30)19-26-11-6-10-24-8-4-5-12-27(24)26/h2-18H,19-20H2,1H3/b30-18+. The monoisotopic (exact) mass is 657 g/mol. The lowest BCUT2D eigenvalue weighted by atomic mass is 10.0. The summed E-state index contributed by atoms with van der Waals surface area (Å²) in [7, 11) is 1.59. The molecule has 198 valence electrons. The van der Waals surface area contributed by atoms with Crippen LogP contribution in [0.5, 0.6) is 11.5 Å². The van der Waals surface area contributed by atoms with Crippen LogP contribution in [-0.2, 0) is 17.9 Å². The number of nitrogens with zero attached hydrogens (tertiary/aromatic N) is 1. The minimum atomic E-state index is -0.298. The number of carbonyl (C=O) groups is 2. The van der Waals surface area contributed by atoms with E-state index in [0.717, 1.165) is 48.2 Å². The van der Waals surface area contributed by atoms with Crippen LogP contribution >= 0.6 is 34.4 Å². The molecule has 1 aliphatic heterocycles. The third-order valence-corrected chi connectivity index (χ3v) is 8.54. The molecular weight excluding hydrogens is 633 g/mol. The molecule has 0 N–H and O–H groups in total. The van der Waals surface area contributed by atoms with Gasteiger partial charge in [-0.2, -0.15) is 0 Å². The molecule has 40 heavy (non-hydrogen) atoms. The summed E-state index contributed by atoms with van der Waals surface area (Å²) in [6.07, 6.45) is 1.74. The van der Waals surface area contributed by atoms with Crippen molar-refractivity contribution in [3.8, 4) is 11.5 Å². The summed E-state index contributed by atoms with van der Waals surface area (Å²) in [5.74, 6) is 0.903. The molecule has 0 spiro atoms. The van der Waals surface area contributed by atoms with Crippen molar-refractivity contribution in [2.24, 2.45) is 0 Å². The Morgan fingerprint density at radius 2 is 1.60 bits per heavy atom. The van der Waals surface area contributed by atoms with Gasteiger partial charge >= 0.3 is 0 Å². The van der Waals surface area contributed by atoms with Crippen molar-refractivity contribution in [2.75, 3.05) is 7.11 Å². The van der Waals surface area contributed by atoms with E-state index in [1.165, 1.54) is 10.3 Å². The van der Waals surface area contributed by atoms with Crippen molar-refractivity contribution < 1.29 is 19.1 Å². The summed E-state index contributed by atoms with van der Waals surface area (Å²) in [4.78, 5) is 27.8. The molecule has 1 saturated heterocycles. The van der Waals surface area contributed by atoms with Gasteiger partial charge in [-0.1, -0.05) is 78.9 Å². The molecule has 0 saturated carbocycles. The van der Waals surface area contributed by atoms with Crippen LogP contribution in [0.1, 0.15) is 16.7 Å². The summed E-state index contributed by atoms with van der Waals surface area (Å²) < 4.78 is 12.7. The van der Waals surface area contributed by atoms with Crippen molar-refractivity contribution in [3.63, 3.8) is 0 Å². The van der Waals surface area contributed by atoms with E-state index in [0.29, 0.717) is 23.0 Å². The Hall–Kier alpha value is -3.82. The summed E-state index contributed by atoms with van der Waals surface area (Å²) in [5.41, 5.74) is 2.75. The van der Waals surface area contributed by atoms with Gasteiger partial charge in [0.15, 0.2) is 11.5 Å². The summed E-state index contributed by atoms with van der Waals surface area (Å²) in [5, 5.41) is 4.18. The average molecular weight is 658 g/mol. The lowest BCUT2D eigenvalue weighted by Crippen LogP contribution is -2.27. The van der Waals surface area contributed by atoms with Gasteiger partial charge < -0.3 is 9.47 Å². The molecule has 5 nitrogen and oxygen atoms in total. The third-order valence-electron chi connectivity index (χ3n) is 6.83. The normalized spacial score (nSPS) is 14.4. The number of carbonyl (C=O) groups excluding carboxylic acids is 2. The predicted octanol–water partition coefficient (Wildman–Crippen LogP) is 8.42. The van der Waals surface area contributed by atoms with E-state index in [1.807, 2.05) is 66.7 Å². The molecule has 5 aromatic carbocycles. The minimum absolute atomic E-state index is 0.228. The number of benzene rings is 5. The molecule has 2 amide bonds. The van der Waals surface area contributed by atoms with Crippen LogP contribution < -0.4 is 9.47 Å². The van der Waals surface area contributed by atoms with Crippen molar-refractivity contribution >= 4 is 73.1 Å². The Kier molecular flexibility index (Phi) is 7.49. The van der Waals surface area contributed by atoms with Gasteiger partial charge in [0.25, 0.3) is 11.1 Å². The Morgan fingerprint density at radius 3 is 2.42 bits per heavy atom. The lowest BCUT2D eigenvalue weighted by Gasteiger charge is -2.15. The van der Waals surface area contributed by atoms with Crippen LogP contribution in [0.2, 0.25) is 0 Å². The van der Waals surface area contributed by atoms with E-state index in [9.17, 15) is 9.59 Å². The summed E-state index contributed by atoms with van der Waals surface area (Å²) >= 11 is 3.17. The van der Waals surface area contributed by atoms with Crippen LogP contribution in [0.3, 0.4) is 0 Å². The zero-order valence-electron chi connectivity index (χ0n) is 21.6. The second-order valence-corrected chi connectivity index (χ2v) is 11.6. The van der Waals surface area contributed by atoms with Crippen molar-refractivity contribution in [1.82, 2.24) is 4.90 Å². The second kappa shape index (κ2) is 11.3. The van der Waals surface area contributed by atoms with Crippen molar-refractivity contribution in [2.45, 2.75) is 13.2 Å². The first-order valence-corrected chi connectivity index (χ1v) is 14.6. The number of fused-ring (bicyclic) bond motifs is 2. The SMILES string of the molecule is COc1cc(/C=C2/SC(=O)N(Cc3cccc4ccccc34)C2=O)cc(I)c1OCc1ccc2ccccc2c1. The highest BCUT2D eigenvalue weighted by molar-refractivity contribution is 14.1. The topological polar surface area (TPSA) is 55.8 Å². The van der Waals surface area contributed by atoms with E-state index >= 15 is 0 Å². The number of hydrogen-bond acceptors (Lipinski definition) is 5. The molecule has 1 aliphatic rings. The molecule has 0 aliphatic carbocycles. The van der Waals surface area contributed by atoms with Crippen LogP contribution in [0, 0.1) is 3.57 Å². The van der Waals surface area contributed by atoms with E-state index in [2.05, 4.69) is 52.9 Å². The molecule has 0 unspecified atom stereocenters. The number of rotatable bonds is 7. The first-order valence-electron chi connectivity index (χ1n) is 12.7. The Balaban J connectivity index is 1.21.